The van der Waals surface area contributed by atoms with Crippen LogP contribution in [0.25, 0.3) is 0 Å². The van der Waals surface area contributed by atoms with Gasteiger partial charge in [0.05, 0.1) is 5.92 Å². The zero-order valence-corrected chi connectivity index (χ0v) is 6.84. The number of aliphatic carboxylic acids is 1. The van der Waals surface area contributed by atoms with Crippen LogP contribution in [0.2, 0.25) is 0 Å². The lowest BCUT2D eigenvalue weighted by Gasteiger charge is -2.05. The molecule has 1 unspecified atom stereocenters. The average molecular weight is 157 g/mol. The molecule has 0 spiro atoms. The van der Waals surface area contributed by atoms with E-state index < -0.39 is 5.97 Å². The molecule has 0 aliphatic heterocycles. The Kier molecular flexibility index (Phi) is 5.47. The van der Waals surface area contributed by atoms with Crippen molar-refractivity contribution in [1.29, 1.82) is 0 Å². The molecular formula is C8H15NO2. The molecule has 0 fully saturated rings. The standard InChI is InChI=1S/C8H15NO2/c1-3-4-5-9-6-7(2)8(10)11/h3,7,9H,1,4-6H2,2H3,(H,10,11). The largest absolute Gasteiger partial charge is 0.481 e. The van der Waals surface area contributed by atoms with Crippen molar-refractivity contribution in [2.75, 3.05) is 13.1 Å². The van der Waals surface area contributed by atoms with Gasteiger partial charge in [-0.2, -0.15) is 0 Å². The van der Waals surface area contributed by atoms with Crippen LogP contribution in [-0.2, 0) is 4.79 Å². The van der Waals surface area contributed by atoms with E-state index in [9.17, 15) is 4.79 Å². The summed E-state index contributed by atoms with van der Waals surface area (Å²) in [6.45, 7) is 6.58. The highest BCUT2D eigenvalue weighted by atomic mass is 16.4. The second kappa shape index (κ2) is 5.92. The van der Waals surface area contributed by atoms with Crippen LogP contribution in [0.1, 0.15) is 13.3 Å². The van der Waals surface area contributed by atoms with E-state index in [1.807, 2.05) is 0 Å². The molecule has 2 N–H and O–H groups in total. The summed E-state index contributed by atoms with van der Waals surface area (Å²) in [6.07, 6.45) is 2.69. The van der Waals surface area contributed by atoms with Crippen LogP contribution in [0.3, 0.4) is 0 Å². The summed E-state index contributed by atoms with van der Waals surface area (Å²) in [5.41, 5.74) is 0. The van der Waals surface area contributed by atoms with Gasteiger partial charge < -0.3 is 10.4 Å². The number of carboxylic acids is 1. The molecule has 0 saturated heterocycles. The Morgan fingerprint density at radius 1 is 1.82 bits per heavy atom. The summed E-state index contributed by atoms with van der Waals surface area (Å²) in [5.74, 6) is -1.06. The fourth-order valence-corrected chi connectivity index (χ4v) is 0.610. The Morgan fingerprint density at radius 3 is 2.91 bits per heavy atom. The van der Waals surface area contributed by atoms with Crippen LogP contribution >= 0.6 is 0 Å². The van der Waals surface area contributed by atoms with Gasteiger partial charge in [0.25, 0.3) is 0 Å². The van der Waals surface area contributed by atoms with E-state index in [2.05, 4.69) is 11.9 Å². The van der Waals surface area contributed by atoms with Gasteiger partial charge in [-0.15, -0.1) is 6.58 Å². The topological polar surface area (TPSA) is 49.3 Å². The van der Waals surface area contributed by atoms with Crippen LogP contribution in [0, 0.1) is 5.92 Å². The van der Waals surface area contributed by atoms with Gasteiger partial charge in [-0.1, -0.05) is 13.0 Å². The summed E-state index contributed by atoms with van der Waals surface area (Å²) >= 11 is 0. The predicted octanol–water partition coefficient (Wildman–Crippen LogP) is 0.873. The third-order valence-corrected chi connectivity index (χ3v) is 1.40. The molecule has 0 rings (SSSR count). The van der Waals surface area contributed by atoms with Crippen molar-refractivity contribution in [3.63, 3.8) is 0 Å². The molecule has 11 heavy (non-hydrogen) atoms. The summed E-state index contributed by atoms with van der Waals surface area (Å²) in [7, 11) is 0. The molecule has 0 aromatic rings. The zero-order valence-electron chi connectivity index (χ0n) is 6.84. The molecule has 0 radical (unpaired) electrons. The summed E-state index contributed by atoms with van der Waals surface area (Å²) in [5, 5.41) is 11.5. The van der Waals surface area contributed by atoms with Gasteiger partial charge >= 0.3 is 5.97 Å². The quantitative estimate of drug-likeness (QED) is 0.444. The molecule has 0 saturated carbocycles. The Hall–Kier alpha value is -0.830. The fraction of sp³-hybridized carbons (Fsp3) is 0.625. The maximum Gasteiger partial charge on any atom is 0.307 e. The average Bonchev–Trinajstić information content (AvgIpc) is 1.97. The first-order valence-electron chi connectivity index (χ1n) is 3.73. The summed E-state index contributed by atoms with van der Waals surface area (Å²) < 4.78 is 0. The van der Waals surface area contributed by atoms with Gasteiger partial charge in [0.15, 0.2) is 0 Å². The van der Waals surface area contributed by atoms with Crippen molar-refractivity contribution in [3.8, 4) is 0 Å². The Balaban J connectivity index is 3.24. The number of carbonyl (C=O) groups is 1. The second-order valence-electron chi connectivity index (χ2n) is 2.52. The van der Waals surface area contributed by atoms with Crippen LogP contribution < -0.4 is 5.32 Å². The van der Waals surface area contributed by atoms with Crippen molar-refractivity contribution in [2.24, 2.45) is 5.92 Å². The summed E-state index contributed by atoms with van der Waals surface area (Å²) in [4.78, 5) is 10.3. The van der Waals surface area contributed by atoms with Crippen molar-refractivity contribution in [1.82, 2.24) is 5.32 Å². The molecule has 0 aromatic carbocycles. The zero-order chi connectivity index (χ0) is 8.69. The lowest BCUT2D eigenvalue weighted by Crippen LogP contribution is -2.26. The molecule has 3 heteroatoms. The van der Waals surface area contributed by atoms with E-state index in [1.165, 1.54) is 0 Å². The SMILES string of the molecule is C=CCCNCC(C)C(=O)O. The molecular weight excluding hydrogens is 142 g/mol. The third kappa shape index (κ3) is 5.61. The monoisotopic (exact) mass is 157 g/mol. The number of carboxylic acid groups (broad SMARTS) is 1. The maximum absolute atomic E-state index is 10.3. The first-order valence-corrected chi connectivity index (χ1v) is 3.73. The number of hydrogen-bond donors (Lipinski definition) is 2. The van der Waals surface area contributed by atoms with Crippen LogP contribution in [-0.4, -0.2) is 24.2 Å². The number of rotatable bonds is 6. The molecule has 1 atom stereocenters. The highest BCUT2D eigenvalue weighted by molar-refractivity contribution is 5.69. The molecule has 0 amide bonds. The summed E-state index contributed by atoms with van der Waals surface area (Å²) in [6, 6.07) is 0. The Bertz CT molecular complexity index is 134. The van der Waals surface area contributed by atoms with Crippen molar-refractivity contribution < 1.29 is 9.90 Å². The van der Waals surface area contributed by atoms with E-state index in [0.717, 1.165) is 13.0 Å². The fourth-order valence-electron chi connectivity index (χ4n) is 0.610. The lowest BCUT2D eigenvalue weighted by molar-refractivity contribution is -0.140. The van der Waals surface area contributed by atoms with E-state index in [0.29, 0.717) is 6.54 Å². The van der Waals surface area contributed by atoms with Crippen LogP contribution in [0.15, 0.2) is 12.7 Å². The Labute approximate surface area is 67.1 Å². The molecule has 0 aliphatic rings. The van der Waals surface area contributed by atoms with E-state index in [1.54, 1.807) is 13.0 Å². The van der Waals surface area contributed by atoms with Gasteiger partial charge in [-0.3, -0.25) is 4.79 Å². The third-order valence-electron chi connectivity index (χ3n) is 1.40. The van der Waals surface area contributed by atoms with Crippen molar-refractivity contribution in [3.05, 3.63) is 12.7 Å². The molecule has 0 aliphatic carbocycles. The van der Waals surface area contributed by atoms with Gasteiger partial charge in [0.1, 0.15) is 0 Å². The van der Waals surface area contributed by atoms with Crippen molar-refractivity contribution >= 4 is 5.97 Å². The minimum absolute atomic E-state index is 0.306. The lowest BCUT2D eigenvalue weighted by atomic mass is 10.2. The highest BCUT2D eigenvalue weighted by Crippen LogP contribution is 1.90. The first kappa shape index (κ1) is 10.2. The van der Waals surface area contributed by atoms with Gasteiger partial charge in [0, 0.05) is 6.54 Å². The van der Waals surface area contributed by atoms with Crippen LogP contribution in [0.4, 0.5) is 0 Å². The normalized spacial score (nSPS) is 12.5. The minimum atomic E-state index is -0.754. The molecule has 0 aromatic heterocycles. The Morgan fingerprint density at radius 2 is 2.45 bits per heavy atom. The van der Waals surface area contributed by atoms with Gasteiger partial charge in [-0.05, 0) is 13.0 Å². The molecule has 3 nitrogen and oxygen atoms in total. The number of hydrogen-bond acceptors (Lipinski definition) is 2. The number of nitrogens with one attached hydrogen (secondary N) is 1. The first-order chi connectivity index (χ1) is 5.18. The van der Waals surface area contributed by atoms with E-state index in [4.69, 9.17) is 5.11 Å². The molecule has 0 bridgehead atoms. The minimum Gasteiger partial charge on any atom is -0.481 e. The maximum atomic E-state index is 10.3. The highest BCUT2D eigenvalue weighted by Gasteiger charge is 2.08. The molecule has 64 valence electrons. The van der Waals surface area contributed by atoms with Gasteiger partial charge in [0.2, 0.25) is 0 Å². The smallest absolute Gasteiger partial charge is 0.307 e. The predicted molar refractivity (Wildman–Crippen MR) is 44.5 cm³/mol. The second-order valence-corrected chi connectivity index (χ2v) is 2.52. The van der Waals surface area contributed by atoms with E-state index >= 15 is 0 Å². The van der Waals surface area contributed by atoms with Gasteiger partial charge in [-0.25, -0.2) is 0 Å². The van der Waals surface area contributed by atoms with Crippen LogP contribution in [0.5, 0.6) is 0 Å². The molecule has 0 heterocycles. The van der Waals surface area contributed by atoms with E-state index in [-0.39, 0.29) is 5.92 Å². The van der Waals surface area contributed by atoms with Crippen molar-refractivity contribution in [2.45, 2.75) is 13.3 Å².